The van der Waals surface area contributed by atoms with Gasteiger partial charge in [0.1, 0.15) is 29.6 Å². The molecule has 1 fully saturated rings. The summed E-state index contributed by atoms with van der Waals surface area (Å²) in [5, 5.41) is 2.46. The van der Waals surface area contributed by atoms with Gasteiger partial charge in [-0.3, -0.25) is 0 Å². The van der Waals surface area contributed by atoms with E-state index in [1.165, 1.54) is 42.3 Å². The van der Waals surface area contributed by atoms with Crippen LogP contribution in [0.15, 0.2) is 42.5 Å². The zero-order valence-corrected chi connectivity index (χ0v) is 17.5. The Morgan fingerprint density at radius 2 is 1.90 bits per heavy atom. The highest BCUT2D eigenvalue weighted by Gasteiger charge is 2.46. The summed E-state index contributed by atoms with van der Waals surface area (Å²) in [5.41, 5.74) is 0.433. The van der Waals surface area contributed by atoms with Gasteiger partial charge in [-0.25, -0.2) is 18.0 Å². The molecule has 3 rings (SSSR count). The first kappa shape index (κ1) is 22.5. The molecule has 0 bridgehead atoms. The van der Waals surface area contributed by atoms with Gasteiger partial charge in [-0.2, -0.15) is 0 Å². The van der Waals surface area contributed by atoms with Gasteiger partial charge in [-0.05, 0) is 25.0 Å². The second-order valence-electron chi connectivity index (χ2n) is 7.03. The number of urea groups is 1. The number of rotatable bonds is 6. The van der Waals surface area contributed by atoms with Crippen LogP contribution >= 0.6 is 0 Å². The number of alkyl halides is 1. The molecule has 1 unspecified atom stereocenters. The number of hydrogen-bond donors (Lipinski definition) is 2. The predicted octanol–water partition coefficient (Wildman–Crippen LogP) is 3.18. The van der Waals surface area contributed by atoms with Crippen molar-refractivity contribution in [2.24, 2.45) is 0 Å². The molecular formula is C21H24F3N3O2S. The third-order valence-electron chi connectivity index (χ3n) is 5.25. The number of benzene rings is 2. The van der Waals surface area contributed by atoms with Crippen LogP contribution in [0.2, 0.25) is 0 Å². The maximum atomic E-state index is 15.3. The normalized spacial score (nSPS) is 22.2. The fourth-order valence-electron chi connectivity index (χ4n) is 3.72. The lowest BCUT2D eigenvalue weighted by atomic mass is 9.95. The maximum absolute atomic E-state index is 15.3. The Kier molecular flexibility index (Phi) is 7.27. The number of halogens is 3. The van der Waals surface area contributed by atoms with E-state index in [1.807, 2.05) is 0 Å². The lowest BCUT2D eigenvalue weighted by Gasteiger charge is -2.28. The molecule has 5 nitrogen and oxygen atoms in total. The van der Waals surface area contributed by atoms with Gasteiger partial charge >= 0.3 is 6.03 Å². The second kappa shape index (κ2) is 9.72. The average molecular weight is 440 g/mol. The van der Waals surface area contributed by atoms with Crippen molar-refractivity contribution in [2.75, 3.05) is 19.3 Å². The summed E-state index contributed by atoms with van der Waals surface area (Å²) in [5.74, 6) is -0.909. The van der Waals surface area contributed by atoms with Crippen LogP contribution < -0.4 is 10.0 Å². The molecule has 0 radical (unpaired) electrons. The number of likely N-dealkylation sites (tertiary alicyclic amines) is 1. The van der Waals surface area contributed by atoms with Gasteiger partial charge in [0.25, 0.3) is 0 Å². The summed E-state index contributed by atoms with van der Waals surface area (Å²) in [7, 11) is 1.43. The number of hydrogen-bond acceptors (Lipinski definition) is 3. The molecule has 162 valence electrons. The van der Waals surface area contributed by atoms with Crippen molar-refractivity contribution >= 4 is 17.4 Å². The lowest BCUT2D eigenvalue weighted by Crippen LogP contribution is -2.51. The Morgan fingerprint density at radius 3 is 2.57 bits per heavy atom. The Balaban J connectivity index is 1.96. The number of nitrogens with zero attached hydrogens (tertiary/aromatic N) is 1. The Hall–Kier alpha value is -2.23. The summed E-state index contributed by atoms with van der Waals surface area (Å²) in [6.45, 7) is 1.49. The largest absolute Gasteiger partial charge is 0.598 e. The minimum absolute atomic E-state index is 0.0133. The van der Waals surface area contributed by atoms with Crippen LogP contribution in [0.3, 0.4) is 0 Å². The van der Waals surface area contributed by atoms with E-state index in [0.717, 1.165) is 0 Å². The van der Waals surface area contributed by atoms with E-state index in [-0.39, 0.29) is 35.4 Å². The Labute approximate surface area is 177 Å². The molecule has 1 aliphatic rings. The number of carbonyl (C=O) groups is 1. The minimum atomic E-state index is -1.48. The summed E-state index contributed by atoms with van der Waals surface area (Å²) in [6.07, 6.45) is -1.47. The molecule has 0 aliphatic carbocycles. The molecule has 0 aromatic heterocycles. The van der Waals surface area contributed by atoms with Gasteiger partial charge in [-0.1, -0.05) is 36.4 Å². The van der Waals surface area contributed by atoms with Gasteiger partial charge in [0.15, 0.2) is 0 Å². The molecule has 2 N–H and O–H groups in total. The van der Waals surface area contributed by atoms with Crippen LogP contribution in [0.5, 0.6) is 0 Å². The molecule has 2 aromatic rings. The van der Waals surface area contributed by atoms with Crippen LogP contribution in [0, 0.1) is 11.6 Å². The summed E-state index contributed by atoms with van der Waals surface area (Å²) in [6, 6.07) is 8.28. The van der Waals surface area contributed by atoms with Crippen molar-refractivity contribution in [3.05, 3.63) is 59.7 Å². The monoisotopic (exact) mass is 439 g/mol. The van der Waals surface area contributed by atoms with E-state index < -0.39 is 47.3 Å². The number of carbonyl (C=O) groups excluding carboxylic acids is 1. The van der Waals surface area contributed by atoms with Gasteiger partial charge in [0, 0.05) is 29.5 Å². The smallest absolute Gasteiger partial charge is 0.317 e. The molecule has 0 saturated carbocycles. The molecule has 30 heavy (non-hydrogen) atoms. The average Bonchev–Trinajstić information content (AvgIpc) is 3.04. The van der Waals surface area contributed by atoms with Crippen molar-refractivity contribution in [1.29, 1.82) is 0 Å². The molecule has 4 atom stereocenters. The SMILES string of the molecule is CC[S+]([O-])N[C@H]1[C@@H](F)CN(C(=O)NC)[C@H]1Cc1cccc(-c2ccccc2F)c1F. The highest BCUT2D eigenvalue weighted by atomic mass is 32.2. The molecule has 0 spiro atoms. The molecule has 2 aromatic carbocycles. The van der Waals surface area contributed by atoms with E-state index in [2.05, 4.69) is 10.0 Å². The van der Waals surface area contributed by atoms with Crippen molar-refractivity contribution in [1.82, 2.24) is 14.9 Å². The van der Waals surface area contributed by atoms with Gasteiger partial charge < -0.3 is 14.8 Å². The van der Waals surface area contributed by atoms with Gasteiger partial charge in [0.05, 0.1) is 12.6 Å². The third kappa shape index (κ3) is 4.58. The van der Waals surface area contributed by atoms with Gasteiger partial charge in [0.2, 0.25) is 0 Å². The molecule has 9 heteroatoms. The fourth-order valence-corrected chi connectivity index (χ4v) is 4.50. The van der Waals surface area contributed by atoms with Crippen molar-refractivity contribution in [3.63, 3.8) is 0 Å². The maximum Gasteiger partial charge on any atom is 0.317 e. The topological polar surface area (TPSA) is 67.4 Å². The highest BCUT2D eigenvalue weighted by Crippen LogP contribution is 2.31. The second-order valence-corrected chi connectivity index (χ2v) is 8.54. The van der Waals surface area contributed by atoms with Crippen molar-refractivity contribution in [3.8, 4) is 11.1 Å². The van der Waals surface area contributed by atoms with E-state index in [9.17, 15) is 18.1 Å². The molecule has 2 amide bonds. The quantitative estimate of drug-likeness (QED) is 0.680. The van der Waals surface area contributed by atoms with Crippen molar-refractivity contribution in [2.45, 2.75) is 31.6 Å². The van der Waals surface area contributed by atoms with Gasteiger partial charge in [-0.15, -0.1) is 4.72 Å². The van der Waals surface area contributed by atoms with Crippen LogP contribution in [0.4, 0.5) is 18.0 Å². The third-order valence-corrected chi connectivity index (χ3v) is 6.31. The first-order valence-electron chi connectivity index (χ1n) is 9.66. The molecule has 1 saturated heterocycles. The zero-order chi connectivity index (χ0) is 21.8. The first-order valence-corrected chi connectivity index (χ1v) is 11.0. The summed E-state index contributed by atoms with van der Waals surface area (Å²) < 4.78 is 58.9. The first-order chi connectivity index (χ1) is 14.4. The van der Waals surface area contributed by atoms with E-state index in [1.54, 1.807) is 19.1 Å². The Morgan fingerprint density at radius 1 is 1.20 bits per heavy atom. The van der Waals surface area contributed by atoms with E-state index in [0.29, 0.717) is 0 Å². The highest BCUT2D eigenvalue weighted by molar-refractivity contribution is 7.89. The molecule has 1 aliphatic heterocycles. The number of nitrogens with one attached hydrogen (secondary N) is 2. The van der Waals surface area contributed by atoms with Crippen LogP contribution in [-0.2, 0) is 17.8 Å². The molecule has 1 heterocycles. The molecular weight excluding hydrogens is 415 g/mol. The number of amides is 2. The van der Waals surface area contributed by atoms with Crippen LogP contribution in [0.1, 0.15) is 12.5 Å². The summed E-state index contributed by atoms with van der Waals surface area (Å²) >= 11 is -1.48. The minimum Gasteiger partial charge on any atom is -0.598 e. The lowest BCUT2D eigenvalue weighted by molar-refractivity contribution is 0.190. The predicted molar refractivity (Wildman–Crippen MR) is 111 cm³/mol. The zero-order valence-electron chi connectivity index (χ0n) is 16.7. The Bertz CT molecular complexity index is 902. The van der Waals surface area contributed by atoms with Crippen LogP contribution in [-0.4, -0.2) is 53.1 Å². The van der Waals surface area contributed by atoms with E-state index in [4.69, 9.17) is 0 Å². The van der Waals surface area contributed by atoms with Crippen molar-refractivity contribution < 1.29 is 22.5 Å². The fraction of sp³-hybridized carbons (Fsp3) is 0.381. The standard InChI is InChI=1S/C21H24F3N3O2S/c1-3-30(29)26-20-17(23)12-27(21(28)25-2)18(20)11-13-7-6-9-15(19(13)24)14-8-4-5-10-16(14)22/h4-10,17-18,20,26H,3,11-12H2,1-2H3,(H,25,28)/t17-,18-,20-,30?/m0/s1. The van der Waals surface area contributed by atoms with E-state index >= 15 is 4.39 Å². The van der Waals surface area contributed by atoms with Crippen LogP contribution in [0.25, 0.3) is 11.1 Å². The summed E-state index contributed by atoms with van der Waals surface area (Å²) in [4.78, 5) is 13.6.